The summed E-state index contributed by atoms with van der Waals surface area (Å²) >= 11 is 1.50. The van der Waals surface area contributed by atoms with Crippen LogP contribution in [0.2, 0.25) is 0 Å². The molecular formula is C26H34ClN5O3S. The molecule has 0 saturated carbocycles. The van der Waals surface area contributed by atoms with Gasteiger partial charge in [0.05, 0.1) is 15.1 Å². The van der Waals surface area contributed by atoms with Gasteiger partial charge in [-0.15, -0.1) is 12.4 Å². The number of nitro benzene ring substituents is 1. The number of nitro groups is 1. The summed E-state index contributed by atoms with van der Waals surface area (Å²) in [6.45, 7) is 6.97. The van der Waals surface area contributed by atoms with E-state index >= 15 is 0 Å². The lowest BCUT2D eigenvalue weighted by molar-refractivity contribution is -0.384. The molecular weight excluding hydrogens is 498 g/mol. The molecule has 0 bridgehead atoms. The number of piperidine rings is 1. The van der Waals surface area contributed by atoms with Gasteiger partial charge in [0, 0.05) is 31.3 Å². The molecule has 1 saturated heterocycles. The molecule has 1 aliphatic heterocycles. The van der Waals surface area contributed by atoms with E-state index in [0.29, 0.717) is 22.9 Å². The van der Waals surface area contributed by atoms with Gasteiger partial charge in [-0.25, -0.2) is 4.98 Å². The fraction of sp³-hybridized carbons (Fsp3) is 0.462. The first-order valence-corrected chi connectivity index (χ1v) is 12.9. The van der Waals surface area contributed by atoms with E-state index in [4.69, 9.17) is 4.98 Å². The van der Waals surface area contributed by atoms with Crippen molar-refractivity contribution in [2.45, 2.75) is 39.5 Å². The summed E-state index contributed by atoms with van der Waals surface area (Å²) in [6.07, 6.45) is 3.95. The van der Waals surface area contributed by atoms with Crippen LogP contribution in [0.1, 0.15) is 47.2 Å². The number of carbonyl (C=O) groups is 1. The Bertz CT molecular complexity index is 1200. The molecule has 1 aliphatic rings. The van der Waals surface area contributed by atoms with Gasteiger partial charge in [-0.2, -0.15) is 0 Å². The van der Waals surface area contributed by atoms with Crippen LogP contribution in [-0.4, -0.2) is 61.0 Å². The van der Waals surface area contributed by atoms with E-state index < -0.39 is 0 Å². The highest BCUT2D eigenvalue weighted by molar-refractivity contribution is 7.22. The average Bonchev–Trinajstić information content (AvgIpc) is 3.30. The number of nitrogens with zero attached hydrogens (tertiary/aromatic N) is 5. The number of amides is 1. The summed E-state index contributed by atoms with van der Waals surface area (Å²) in [4.78, 5) is 36.0. The van der Waals surface area contributed by atoms with E-state index in [1.54, 1.807) is 17.0 Å². The van der Waals surface area contributed by atoms with Gasteiger partial charge >= 0.3 is 0 Å². The van der Waals surface area contributed by atoms with E-state index in [2.05, 4.69) is 15.9 Å². The molecule has 4 rings (SSSR count). The molecule has 36 heavy (non-hydrogen) atoms. The number of fused-ring (bicyclic) bond motifs is 1. The van der Waals surface area contributed by atoms with E-state index in [1.165, 1.54) is 17.4 Å². The minimum atomic E-state index is -0.374. The standard InChI is InChI=1S/C26H33N5O3S.ClH/c1-18-9-10-19(2)24-23(18)27-26(35-24)30(16-8-13-28(3)4)25(32)20-11-12-21(22(17-20)31(33)34)29-14-6-5-7-15-29;/h9-12,17H,5-8,13-16H2,1-4H3;1H. The maximum absolute atomic E-state index is 13.8. The normalized spacial score (nSPS) is 13.6. The minimum Gasteiger partial charge on any atom is -0.366 e. The van der Waals surface area contributed by atoms with E-state index in [9.17, 15) is 14.9 Å². The van der Waals surface area contributed by atoms with Crippen LogP contribution in [0.4, 0.5) is 16.5 Å². The predicted molar refractivity (Wildman–Crippen MR) is 150 cm³/mol. The molecule has 0 aliphatic carbocycles. The Kier molecular flexibility index (Phi) is 9.27. The number of carbonyl (C=O) groups excluding carboxylic acids is 1. The first kappa shape index (κ1) is 27.8. The monoisotopic (exact) mass is 531 g/mol. The van der Waals surface area contributed by atoms with E-state index in [0.717, 1.165) is 66.7 Å². The van der Waals surface area contributed by atoms with Crippen LogP contribution < -0.4 is 9.80 Å². The zero-order valence-electron chi connectivity index (χ0n) is 21.3. The quantitative estimate of drug-likeness (QED) is 0.268. The Hall–Kier alpha value is -2.75. The minimum absolute atomic E-state index is 0. The number of rotatable bonds is 8. The third kappa shape index (κ3) is 5.96. The second-order valence-corrected chi connectivity index (χ2v) is 10.5. The molecule has 3 aromatic rings. The van der Waals surface area contributed by atoms with Gasteiger partial charge in [0.2, 0.25) is 0 Å². The van der Waals surface area contributed by atoms with E-state index in [1.807, 2.05) is 34.0 Å². The number of aryl methyl sites for hydroxylation is 2. The van der Waals surface area contributed by atoms with Crippen LogP contribution in [0.15, 0.2) is 30.3 Å². The summed E-state index contributed by atoms with van der Waals surface area (Å²) in [5, 5.41) is 12.6. The topological polar surface area (TPSA) is 82.8 Å². The molecule has 8 nitrogen and oxygen atoms in total. The summed E-state index contributed by atoms with van der Waals surface area (Å²) < 4.78 is 1.07. The van der Waals surface area contributed by atoms with Gasteiger partial charge in [-0.3, -0.25) is 19.8 Å². The van der Waals surface area contributed by atoms with Crippen molar-refractivity contribution in [2.75, 3.05) is 50.1 Å². The van der Waals surface area contributed by atoms with E-state index in [-0.39, 0.29) is 28.9 Å². The predicted octanol–water partition coefficient (Wildman–Crippen LogP) is 5.83. The number of hydrogen-bond donors (Lipinski definition) is 0. The summed E-state index contributed by atoms with van der Waals surface area (Å²) in [7, 11) is 4.00. The number of hydrogen-bond acceptors (Lipinski definition) is 7. The molecule has 0 spiro atoms. The smallest absolute Gasteiger partial charge is 0.293 e. The van der Waals surface area contributed by atoms with Crippen LogP contribution >= 0.6 is 23.7 Å². The molecule has 2 aromatic carbocycles. The second kappa shape index (κ2) is 12.0. The molecule has 1 aromatic heterocycles. The van der Waals surface area contributed by atoms with Crippen LogP contribution in [-0.2, 0) is 0 Å². The Balaban J connectivity index is 0.00000361. The Morgan fingerprint density at radius 2 is 1.78 bits per heavy atom. The van der Waals surface area contributed by atoms with Crippen LogP contribution in [0.25, 0.3) is 10.2 Å². The van der Waals surface area contributed by atoms with Crippen molar-refractivity contribution in [3.8, 4) is 0 Å². The molecule has 194 valence electrons. The van der Waals surface area contributed by atoms with Crippen LogP contribution in [0.3, 0.4) is 0 Å². The van der Waals surface area contributed by atoms with Crippen LogP contribution in [0, 0.1) is 24.0 Å². The van der Waals surface area contributed by atoms with Gasteiger partial charge in [-0.05, 0) is 83.4 Å². The Morgan fingerprint density at radius 1 is 1.08 bits per heavy atom. The zero-order chi connectivity index (χ0) is 25.1. The first-order chi connectivity index (χ1) is 16.8. The van der Waals surface area contributed by atoms with Crippen molar-refractivity contribution in [1.82, 2.24) is 9.88 Å². The molecule has 0 unspecified atom stereocenters. The zero-order valence-corrected chi connectivity index (χ0v) is 23.0. The molecule has 0 N–H and O–H groups in total. The SMILES string of the molecule is Cc1ccc(C)c2sc(N(CCCN(C)C)C(=O)c3ccc(N4CCCCC4)c([N+](=O)[O-])c3)nc12.Cl. The summed E-state index contributed by atoms with van der Waals surface area (Å²) in [6, 6.07) is 9.01. The second-order valence-electron chi connectivity index (χ2n) is 9.50. The fourth-order valence-corrected chi connectivity index (χ4v) is 5.69. The summed E-state index contributed by atoms with van der Waals surface area (Å²) in [5.74, 6) is -0.258. The maximum Gasteiger partial charge on any atom is 0.293 e. The molecule has 2 heterocycles. The molecule has 1 amide bonds. The van der Waals surface area contributed by atoms with Crippen molar-refractivity contribution < 1.29 is 9.72 Å². The van der Waals surface area contributed by atoms with Crippen molar-refractivity contribution in [1.29, 1.82) is 0 Å². The summed E-state index contributed by atoms with van der Waals surface area (Å²) in [5.41, 5.74) is 3.99. The number of aromatic nitrogens is 1. The largest absolute Gasteiger partial charge is 0.366 e. The van der Waals surface area contributed by atoms with Crippen molar-refractivity contribution >= 4 is 56.4 Å². The lowest BCUT2D eigenvalue weighted by atomic mass is 10.1. The van der Waals surface area contributed by atoms with Gasteiger partial charge < -0.3 is 9.80 Å². The van der Waals surface area contributed by atoms with Gasteiger partial charge in [0.15, 0.2) is 5.13 Å². The Morgan fingerprint density at radius 3 is 2.42 bits per heavy atom. The lowest BCUT2D eigenvalue weighted by Gasteiger charge is -2.28. The van der Waals surface area contributed by atoms with Crippen molar-refractivity contribution in [3.05, 3.63) is 57.1 Å². The molecule has 10 heteroatoms. The molecule has 0 atom stereocenters. The first-order valence-electron chi connectivity index (χ1n) is 12.1. The Labute approximate surface area is 222 Å². The number of halogens is 1. The number of anilines is 2. The third-order valence-electron chi connectivity index (χ3n) is 6.51. The maximum atomic E-state index is 13.8. The van der Waals surface area contributed by atoms with Gasteiger partial charge in [0.25, 0.3) is 11.6 Å². The molecule has 0 radical (unpaired) electrons. The lowest BCUT2D eigenvalue weighted by Crippen LogP contribution is -2.34. The fourth-order valence-electron chi connectivity index (χ4n) is 4.55. The average molecular weight is 532 g/mol. The third-order valence-corrected chi connectivity index (χ3v) is 7.72. The number of benzene rings is 2. The number of thiazole rings is 1. The van der Waals surface area contributed by atoms with Gasteiger partial charge in [0.1, 0.15) is 5.69 Å². The van der Waals surface area contributed by atoms with Crippen molar-refractivity contribution in [2.24, 2.45) is 0 Å². The molecule has 1 fully saturated rings. The highest BCUT2D eigenvalue weighted by Gasteiger charge is 2.27. The highest BCUT2D eigenvalue weighted by Crippen LogP contribution is 2.35. The van der Waals surface area contributed by atoms with Crippen molar-refractivity contribution in [3.63, 3.8) is 0 Å². The highest BCUT2D eigenvalue weighted by atomic mass is 35.5. The van der Waals surface area contributed by atoms with Gasteiger partial charge in [-0.1, -0.05) is 23.5 Å². The van der Waals surface area contributed by atoms with Crippen LogP contribution in [0.5, 0.6) is 0 Å².